The largest absolute Gasteiger partial charge is 0.457 e. The molecule has 2 aromatic rings. The lowest BCUT2D eigenvalue weighted by atomic mass is 9.73. The van der Waals surface area contributed by atoms with Crippen LogP contribution in [0.15, 0.2) is 18.2 Å². The van der Waals surface area contributed by atoms with E-state index in [-0.39, 0.29) is 24.5 Å². The third-order valence-electron chi connectivity index (χ3n) is 7.87. The normalized spacial score (nSPS) is 36.3. The predicted octanol–water partition coefficient (Wildman–Crippen LogP) is 4.81. The molecular formula is C27H36FNO6S. The number of rotatable bonds is 1. The molecule has 1 aromatic carbocycles. The average molecular weight is 522 g/mol. The number of alkyl halides is 1. The van der Waals surface area contributed by atoms with Crippen molar-refractivity contribution in [3.8, 4) is 0 Å². The van der Waals surface area contributed by atoms with Gasteiger partial charge in [0.05, 0.1) is 39.3 Å². The summed E-state index contributed by atoms with van der Waals surface area (Å²) in [6, 6.07) is 5.59. The first-order valence-electron chi connectivity index (χ1n) is 12.7. The number of benzene rings is 1. The standard InChI is InChI=1S/C27H36FNO6S/c1-14-7-6-10-27(28)22(35-27)12-19(17-8-9-20-18(11-17)29-16(3)36-20)34-23(31)13-21(30)26(4,5)25(33)15(2)24(14)32/h8-9,11,14-15,19,21-22,24,30,32H,6-7,10,12-13H2,1-5H3. The summed E-state index contributed by atoms with van der Waals surface area (Å²) in [6.07, 6.45) is -2.87. The highest BCUT2D eigenvalue weighted by Crippen LogP contribution is 2.48. The number of aliphatic hydroxyl groups is 2. The van der Waals surface area contributed by atoms with E-state index in [2.05, 4.69) is 4.98 Å². The zero-order valence-corrected chi connectivity index (χ0v) is 22.3. The Bertz CT molecular complexity index is 1130. The van der Waals surface area contributed by atoms with Gasteiger partial charge in [0, 0.05) is 18.8 Å². The monoisotopic (exact) mass is 521 g/mol. The Hall–Kier alpha value is -1.94. The fourth-order valence-electron chi connectivity index (χ4n) is 5.21. The van der Waals surface area contributed by atoms with Gasteiger partial charge in [-0.05, 0) is 43.4 Å². The molecule has 0 saturated carbocycles. The molecule has 0 bridgehead atoms. The van der Waals surface area contributed by atoms with E-state index in [1.807, 2.05) is 32.0 Å². The molecule has 0 amide bonds. The molecule has 2 N–H and O–H groups in total. The summed E-state index contributed by atoms with van der Waals surface area (Å²) in [5.74, 6) is -3.82. The number of carbonyl (C=O) groups is 2. The third kappa shape index (κ3) is 5.49. The highest BCUT2D eigenvalue weighted by molar-refractivity contribution is 7.18. The van der Waals surface area contributed by atoms with Gasteiger partial charge in [0.15, 0.2) is 0 Å². The maximum atomic E-state index is 15.3. The predicted molar refractivity (Wildman–Crippen MR) is 134 cm³/mol. The summed E-state index contributed by atoms with van der Waals surface area (Å²) >= 11 is 1.56. The molecule has 1 aromatic heterocycles. The summed E-state index contributed by atoms with van der Waals surface area (Å²) in [5.41, 5.74) is 0.182. The Balaban J connectivity index is 1.61. The Kier molecular flexibility index (Phi) is 7.59. The van der Waals surface area contributed by atoms with Crippen LogP contribution >= 0.6 is 11.3 Å². The van der Waals surface area contributed by atoms with Crippen LogP contribution in [0.4, 0.5) is 4.39 Å². The number of fused-ring (bicyclic) bond motifs is 2. The minimum Gasteiger partial charge on any atom is -0.457 e. The molecule has 4 rings (SSSR count). The van der Waals surface area contributed by atoms with E-state index in [4.69, 9.17) is 9.47 Å². The fraction of sp³-hybridized carbons (Fsp3) is 0.667. The van der Waals surface area contributed by atoms with Crippen LogP contribution in [-0.2, 0) is 19.1 Å². The Morgan fingerprint density at radius 2 is 1.92 bits per heavy atom. The number of hydrogen-bond acceptors (Lipinski definition) is 8. The van der Waals surface area contributed by atoms with Crippen molar-refractivity contribution in [3.05, 3.63) is 28.8 Å². The molecule has 0 spiro atoms. The van der Waals surface area contributed by atoms with Crippen molar-refractivity contribution in [3.63, 3.8) is 0 Å². The van der Waals surface area contributed by atoms with Crippen LogP contribution in [0.1, 0.15) is 76.5 Å². The van der Waals surface area contributed by atoms with Crippen LogP contribution in [0.2, 0.25) is 0 Å². The van der Waals surface area contributed by atoms with Gasteiger partial charge in [0.2, 0.25) is 5.85 Å². The van der Waals surface area contributed by atoms with Crippen LogP contribution < -0.4 is 0 Å². The number of nitrogens with zero attached hydrogens (tertiary/aromatic N) is 1. The van der Waals surface area contributed by atoms with Gasteiger partial charge in [-0.15, -0.1) is 11.3 Å². The van der Waals surface area contributed by atoms with Gasteiger partial charge in [-0.25, -0.2) is 9.37 Å². The Labute approximate surface area is 215 Å². The van der Waals surface area contributed by atoms with Crippen LogP contribution in [0.5, 0.6) is 0 Å². The maximum Gasteiger partial charge on any atom is 0.309 e. The number of aromatic nitrogens is 1. The zero-order valence-electron chi connectivity index (χ0n) is 21.5. The summed E-state index contributed by atoms with van der Waals surface area (Å²) < 4.78 is 27.5. The summed E-state index contributed by atoms with van der Waals surface area (Å²) in [7, 11) is 0. The van der Waals surface area contributed by atoms with E-state index >= 15 is 4.39 Å². The second-order valence-corrected chi connectivity index (χ2v) is 12.3. The van der Waals surface area contributed by atoms with Crippen molar-refractivity contribution in [1.82, 2.24) is 4.98 Å². The first-order chi connectivity index (χ1) is 16.8. The SMILES string of the molecule is Cc1nc2cc(C3CC4OC4(F)CCCC(C)C(O)C(C)C(=O)C(C)(C)C(O)CC(=O)O3)ccc2s1. The van der Waals surface area contributed by atoms with Gasteiger partial charge in [0.1, 0.15) is 18.0 Å². The molecule has 7 unspecified atom stereocenters. The highest BCUT2D eigenvalue weighted by Gasteiger charge is 2.58. The molecule has 9 heteroatoms. The Morgan fingerprint density at radius 3 is 2.64 bits per heavy atom. The first-order valence-corrected chi connectivity index (χ1v) is 13.5. The van der Waals surface area contributed by atoms with Gasteiger partial charge < -0.3 is 19.7 Å². The van der Waals surface area contributed by atoms with Gasteiger partial charge >= 0.3 is 5.97 Å². The summed E-state index contributed by atoms with van der Waals surface area (Å²) in [4.78, 5) is 30.6. The summed E-state index contributed by atoms with van der Waals surface area (Å²) in [6.45, 7) is 8.53. The molecular weight excluding hydrogens is 485 g/mol. The number of ketones is 1. The van der Waals surface area contributed by atoms with Crippen molar-refractivity contribution < 1.29 is 33.7 Å². The number of thiazole rings is 1. The molecule has 2 aliphatic heterocycles. The molecule has 36 heavy (non-hydrogen) atoms. The summed E-state index contributed by atoms with van der Waals surface area (Å²) in [5, 5.41) is 22.5. The quantitative estimate of drug-likeness (QED) is 0.410. The van der Waals surface area contributed by atoms with E-state index in [0.29, 0.717) is 18.4 Å². The second-order valence-electron chi connectivity index (χ2n) is 11.0. The first kappa shape index (κ1) is 27.1. The lowest BCUT2D eigenvalue weighted by molar-refractivity contribution is -0.156. The van der Waals surface area contributed by atoms with E-state index < -0.39 is 54.0 Å². The number of epoxide rings is 1. The lowest BCUT2D eigenvalue weighted by Crippen LogP contribution is -2.45. The maximum absolute atomic E-state index is 15.3. The highest BCUT2D eigenvalue weighted by atomic mass is 32.1. The van der Waals surface area contributed by atoms with Crippen molar-refractivity contribution in [2.24, 2.45) is 17.3 Å². The number of esters is 1. The second kappa shape index (κ2) is 10.1. The zero-order chi connectivity index (χ0) is 26.4. The smallest absolute Gasteiger partial charge is 0.309 e. The number of aliphatic hydroxyl groups excluding tert-OH is 2. The molecule has 3 heterocycles. The van der Waals surface area contributed by atoms with Gasteiger partial charge in [0.25, 0.3) is 0 Å². The molecule has 2 saturated heterocycles. The van der Waals surface area contributed by atoms with Crippen molar-refractivity contribution in [2.75, 3.05) is 0 Å². The molecule has 2 aliphatic rings. The molecule has 7 atom stereocenters. The minimum atomic E-state index is -1.81. The van der Waals surface area contributed by atoms with Crippen LogP contribution in [0, 0.1) is 24.2 Å². The van der Waals surface area contributed by atoms with Gasteiger partial charge in [-0.1, -0.05) is 33.8 Å². The molecule has 7 nitrogen and oxygen atoms in total. The Morgan fingerprint density at radius 1 is 1.19 bits per heavy atom. The lowest BCUT2D eigenvalue weighted by Gasteiger charge is -2.34. The van der Waals surface area contributed by atoms with Crippen LogP contribution in [0.25, 0.3) is 10.2 Å². The van der Waals surface area contributed by atoms with E-state index in [0.717, 1.165) is 15.2 Å². The van der Waals surface area contributed by atoms with Crippen molar-refractivity contribution in [1.29, 1.82) is 0 Å². The van der Waals surface area contributed by atoms with Crippen molar-refractivity contribution >= 4 is 33.3 Å². The van der Waals surface area contributed by atoms with Crippen LogP contribution in [0.3, 0.4) is 0 Å². The van der Waals surface area contributed by atoms with Gasteiger partial charge in [-0.2, -0.15) is 0 Å². The minimum absolute atomic E-state index is 0.129. The number of Topliss-reactive ketones (excluding diaryl/α,β-unsaturated/α-hetero) is 1. The van der Waals surface area contributed by atoms with E-state index in [1.54, 1.807) is 32.1 Å². The van der Waals surface area contributed by atoms with Gasteiger partial charge in [-0.3, -0.25) is 9.59 Å². The number of carbonyl (C=O) groups excluding carboxylic acids is 2. The van der Waals surface area contributed by atoms with Crippen LogP contribution in [-0.4, -0.2) is 51.1 Å². The number of ether oxygens (including phenoxy) is 2. The van der Waals surface area contributed by atoms with E-state index in [1.165, 1.54) is 0 Å². The number of cyclic esters (lactones) is 1. The topological polar surface area (TPSA) is 109 Å². The fourth-order valence-corrected chi connectivity index (χ4v) is 6.02. The third-order valence-corrected chi connectivity index (χ3v) is 8.82. The number of hydrogen-bond donors (Lipinski definition) is 2. The van der Waals surface area contributed by atoms with Crippen molar-refractivity contribution in [2.45, 2.75) is 97.0 Å². The average Bonchev–Trinajstić information content (AvgIpc) is 3.28. The number of aryl methyl sites for hydroxylation is 1. The molecule has 2 fully saturated rings. The van der Waals surface area contributed by atoms with E-state index in [9.17, 15) is 19.8 Å². The molecule has 198 valence electrons. The number of halogens is 1. The molecule has 0 radical (unpaired) electrons. The molecule has 0 aliphatic carbocycles.